The van der Waals surface area contributed by atoms with E-state index in [9.17, 15) is 4.79 Å². The van der Waals surface area contributed by atoms with E-state index in [1.54, 1.807) is 9.80 Å². The molecule has 2 aliphatic heterocycles. The molecule has 0 atom stereocenters. The van der Waals surface area contributed by atoms with Crippen molar-refractivity contribution in [3.05, 3.63) is 29.3 Å². The van der Waals surface area contributed by atoms with Crippen molar-refractivity contribution in [1.29, 1.82) is 0 Å². The normalized spacial score (nSPS) is 21.3. The topological polar surface area (TPSA) is 73.3 Å². The predicted octanol–water partition coefficient (Wildman–Crippen LogP) is 1.41. The van der Waals surface area contributed by atoms with Crippen LogP contribution in [-0.2, 0) is 19.4 Å². The molecule has 3 aliphatic rings. The van der Waals surface area contributed by atoms with Crippen LogP contribution in [0.1, 0.15) is 35.8 Å². The highest BCUT2D eigenvalue weighted by atomic mass is 16.2. The maximum absolute atomic E-state index is 12.1. The first-order chi connectivity index (χ1) is 12.7. The summed E-state index contributed by atoms with van der Waals surface area (Å²) >= 11 is 0. The van der Waals surface area contributed by atoms with E-state index in [0.29, 0.717) is 6.04 Å². The van der Waals surface area contributed by atoms with E-state index in [-0.39, 0.29) is 6.03 Å². The molecule has 138 valence electrons. The molecule has 1 aliphatic carbocycles. The Morgan fingerprint density at radius 3 is 2.88 bits per heavy atom. The third-order valence-electron chi connectivity index (χ3n) is 5.94. The minimum Gasteiger partial charge on any atom is -0.326 e. The van der Waals surface area contributed by atoms with E-state index in [2.05, 4.69) is 20.2 Å². The van der Waals surface area contributed by atoms with Crippen LogP contribution in [0, 0.1) is 0 Å². The zero-order chi connectivity index (χ0) is 17.7. The molecule has 2 aromatic rings. The average molecular weight is 355 g/mol. The molecule has 2 fully saturated rings. The van der Waals surface area contributed by atoms with Crippen LogP contribution in [0.2, 0.25) is 0 Å². The van der Waals surface area contributed by atoms with Crippen LogP contribution < -0.4 is 4.90 Å². The Kier molecular flexibility index (Phi) is 3.74. The lowest BCUT2D eigenvalue weighted by Crippen LogP contribution is -2.47. The fourth-order valence-electron chi connectivity index (χ4n) is 4.29. The molecule has 5 rings (SSSR count). The number of urea groups is 1. The fraction of sp³-hybridized carbons (Fsp3) is 0.611. The number of carbonyl (C=O) groups excluding carboxylic acids is 1. The molecule has 0 spiro atoms. The van der Waals surface area contributed by atoms with Gasteiger partial charge in [-0.25, -0.2) is 4.79 Å². The molecule has 26 heavy (non-hydrogen) atoms. The molecular weight excluding hydrogens is 330 g/mol. The Morgan fingerprint density at radius 2 is 2.08 bits per heavy atom. The summed E-state index contributed by atoms with van der Waals surface area (Å²) in [5, 5.41) is 12.3. The molecule has 4 heterocycles. The third-order valence-corrected chi connectivity index (χ3v) is 5.94. The zero-order valence-electron chi connectivity index (χ0n) is 15.2. The summed E-state index contributed by atoms with van der Waals surface area (Å²) in [5.41, 5.74) is 4.93. The molecule has 0 radical (unpaired) electrons. The van der Waals surface area contributed by atoms with Gasteiger partial charge in [-0.3, -0.25) is 19.6 Å². The number of likely N-dealkylation sites (tertiary alicyclic amines) is 1. The van der Waals surface area contributed by atoms with Crippen molar-refractivity contribution >= 4 is 11.7 Å². The number of H-pyrrole nitrogens is 1. The summed E-state index contributed by atoms with van der Waals surface area (Å²) in [6, 6.07) is 0.442. The second kappa shape index (κ2) is 6.12. The van der Waals surface area contributed by atoms with Gasteiger partial charge < -0.3 is 4.90 Å². The van der Waals surface area contributed by atoms with Crippen molar-refractivity contribution in [3.8, 4) is 0 Å². The smallest absolute Gasteiger partial charge is 0.324 e. The first-order valence-corrected chi connectivity index (χ1v) is 9.53. The van der Waals surface area contributed by atoms with E-state index in [0.717, 1.165) is 44.8 Å². The lowest BCUT2D eigenvalue weighted by Gasteiger charge is -2.39. The summed E-state index contributed by atoms with van der Waals surface area (Å²) < 4.78 is 2.01. The number of amides is 2. The number of anilines is 1. The molecule has 0 unspecified atom stereocenters. The van der Waals surface area contributed by atoms with Crippen LogP contribution in [-0.4, -0.2) is 69.0 Å². The number of nitrogens with zero attached hydrogens (tertiary/aromatic N) is 6. The Hall–Kier alpha value is -2.35. The van der Waals surface area contributed by atoms with Crippen molar-refractivity contribution in [2.24, 2.45) is 0 Å². The summed E-state index contributed by atoms with van der Waals surface area (Å²) in [6.07, 6.45) is 8.68. The van der Waals surface area contributed by atoms with Gasteiger partial charge >= 0.3 is 6.03 Å². The maximum atomic E-state index is 12.1. The Balaban J connectivity index is 1.20. The molecule has 2 amide bonds. The minimum atomic E-state index is 0.0584. The third kappa shape index (κ3) is 2.59. The van der Waals surface area contributed by atoms with Gasteiger partial charge in [0, 0.05) is 51.7 Å². The highest BCUT2D eigenvalue weighted by Gasteiger charge is 2.32. The summed E-state index contributed by atoms with van der Waals surface area (Å²) in [6.45, 7) is 4.40. The Morgan fingerprint density at radius 1 is 1.23 bits per heavy atom. The summed E-state index contributed by atoms with van der Waals surface area (Å²) in [7, 11) is 1.84. The second-order valence-corrected chi connectivity index (χ2v) is 7.72. The van der Waals surface area contributed by atoms with Gasteiger partial charge in [0.25, 0.3) is 0 Å². The van der Waals surface area contributed by atoms with Crippen LogP contribution in [0.15, 0.2) is 12.4 Å². The van der Waals surface area contributed by atoms with Crippen LogP contribution in [0.3, 0.4) is 0 Å². The van der Waals surface area contributed by atoms with Crippen LogP contribution >= 0.6 is 0 Å². The number of fused-ring (bicyclic) bond motifs is 1. The van der Waals surface area contributed by atoms with Crippen molar-refractivity contribution in [3.63, 3.8) is 0 Å². The molecule has 0 bridgehead atoms. The minimum absolute atomic E-state index is 0.0584. The van der Waals surface area contributed by atoms with E-state index in [1.165, 1.54) is 36.2 Å². The number of aromatic nitrogens is 4. The monoisotopic (exact) mass is 355 g/mol. The standard InChI is InChI=1S/C18H25N7O/c1-22-6-7-24(18(22)26)13-8-19-25(11-13)14-9-23(10-14)12-17-15-4-2-3-5-16(15)20-21-17/h8,11,14H,2-7,9-10,12H2,1H3,(H,20,21). The van der Waals surface area contributed by atoms with E-state index in [4.69, 9.17) is 0 Å². The fourth-order valence-corrected chi connectivity index (χ4v) is 4.29. The number of hydrogen-bond acceptors (Lipinski definition) is 4. The van der Waals surface area contributed by atoms with Crippen LogP contribution in [0.25, 0.3) is 0 Å². The molecule has 2 aromatic heterocycles. The Bertz CT molecular complexity index is 819. The predicted molar refractivity (Wildman–Crippen MR) is 97.1 cm³/mol. The number of rotatable bonds is 4. The summed E-state index contributed by atoms with van der Waals surface area (Å²) in [4.78, 5) is 18.1. The maximum Gasteiger partial charge on any atom is 0.324 e. The van der Waals surface area contributed by atoms with E-state index in [1.807, 2.05) is 24.1 Å². The molecule has 2 saturated heterocycles. The number of hydrogen-bond donors (Lipinski definition) is 1. The van der Waals surface area contributed by atoms with E-state index >= 15 is 0 Å². The number of likely N-dealkylation sites (N-methyl/N-ethyl adjacent to an activating group) is 1. The van der Waals surface area contributed by atoms with Crippen molar-refractivity contribution in [2.45, 2.75) is 38.3 Å². The number of carbonyl (C=O) groups is 1. The lowest BCUT2D eigenvalue weighted by molar-refractivity contribution is 0.0892. The highest BCUT2D eigenvalue weighted by molar-refractivity contribution is 5.93. The van der Waals surface area contributed by atoms with E-state index < -0.39 is 0 Å². The first-order valence-electron chi connectivity index (χ1n) is 9.53. The SMILES string of the molecule is CN1CCN(c2cnn(C3CN(Cc4n[nH]c5c4CCCC5)C3)c2)C1=O. The quantitative estimate of drug-likeness (QED) is 0.900. The van der Waals surface area contributed by atoms with Gasteiger partial charge in [-0.1, -0.05) is 0 Å². The van der Waals surface area contributed by atoms with Crippen molar-refractivity contribution < 1.29 is 4.79 Å². The zero-order valence-corrected chi connectivity index (χ0v) is 15.2. The van der Waals surface area contributed by atoms with Gasteiger partial charge in [0.2, 0.25) is 0 Å². The second-order valence-electron chi connectivity index (χ2n) is 7.72. The molecule has 8 nitrogen and oxygen atoms in total. The van der Waals surface area contributed by atoms with Crippen LogP contribution in [0.4, 0.5) is 10.5 Å². The van der Waals surface area contributed by atoms with Gasteiger partial charge in [0.1, 0.15) is 0 Å². The van der Waals surface area contributed by atoms with Gasteiger partial charge in [0.05, 0.1) is 23.6 Å². The average Bonchev–Trinajstić information content (AvgIpc) is 3.31. The first kappa shape index (κ1) is 15.9. The lowest BCUT2D eigenvalue weighted by atomic mass is 9.95. The summed E-state index contributed by atoms with van der Waals surface area (Å²) in [5.74, 6) is 0. The van der Waals surface area contributed by atoms with Crippen molar-refractivity contribution in [1.82, 2.24) is 29.8 Å². The van der Waals surface area contributed by atoms with Gasteiger partial charge in [0.15, 0.2) is 0 Å². The number of aryl methyl sites for hydroxylation is 1. The molecule has 0 aromatic carbocycles. The largest absolute Gasteiger partial charge is 0.326 e. The molecule has 8 heteroatoms. The molecule has 1 N–H and O–H groups in total. The number of nitrogens with one attached hydrogen (secondary N) is 1. The Labute approximate surface area is 152 Å². The molecule has 0 saturated carbocycles. The van der Waals surface area contributed by atoms with Gasteiger partial charge in [-0.05, 0) is 31.2 Å². The van der Waals surface area contributed by atoms with Crippen LogP contribution in [0.5, 0.6) is 0 Å². The van der Waals surface area contributed by atoms with Gasteiger partial charge in [-0.15, -0.1) is 0 Å². The highest BCUT2D eigenvalue weighted by Crippen LogP contribution is 2.28. The van der Waals surface area contributed by atoms with Gasteiger partial charge in [-0.2, -0.15) is 10.2 Å². The van der Waals surface area contributed by atoms with Crippen molar-refractivity contribution in [2.75, 3.05) is 38.1 Å². The number of aromatic amines is 1. The molecular formula is C18H25N7O.